The lowest BCUT2D eigenvalue weighted by Crippen LogP contribution is -2.51. The van der Waals surface area contributed by atoms with E-state index in [9.17, 15) is 19.2 Å². The molecule has 8 nitrogen and oxygen atoms in total. The second-order valence-corrected chi connectivity index (χ2v) is 8.27. The van der Waals surface area contributed by atoms with E-state index in [0.29, 0.717) is 0 Å². The fourth-order valence-electron chi connectivity index (χ4n) is 4.12. The summed E-state index contributed by atoms with van der Waals surface area (Å²) in [5, 5.41) is 5.57. The van der Waals surface area contributed by atoms with Crippen molar-refractivity contribution in [1.29, 1.82) is 0 Å². The minimum atomic E-state index is -1.29. The Morgan fingerprint density at radius 1 is 0.789 bits per heavy atom. The second-order valence-electron chi connectivity index (χ2n) is 8.27. The first-order valence-corrected chi connectivity index (χ1v) is 12.1. The molecule has 38 heavy (non-hydrogen) atoms. The van der Waals surface area contributed by atoms with Crippen LogP contribution in [0, 0.1) is 0 Å². The monoisotopic (exact) mass is 514 g/mol. The summed E-state index contributed by atoms with van der Waals surface area (Å²) >= 11 is 0. The summed E-state index contributed by atoms with van der Waals surface area (Å²) in [6.45, 7) is 1.79. The van der Waals surface area contributed by atoms with Crippen molar-refractivity contribution < 1.29 is 28.7 Å². The summed E-state index contributed by atoms with van der Waals surface area (Å²) in [5.41, 5.74) is 1.33. The van der Waals surface area contributed by atoms with Gasteiger partial charge < -0.3 is 20.1 Å². The molecule has 3 rings (SSSR count). The molecule has 2 amide bonds. The lowest BCUT2D eigenvalue weighted by atomic mass is 9.77. The molecule has 8 heteroatoms. The van der Waals surface area contributed by atoms with E-state index in [2.05, 4.69) is 10.6 Å². The molecule has 0 aliphatic heterocycles. The van der Waals surface area contributed by atoms with Crippen molar-refractivity contribution in [1.82, 2.24) is 10.6 Å². The Kier molecular flexibility index (Phi) is 9.93. The Balaban J connectivity index is 1.96. The first-order chi connectivity index (χ1) is 18.4. The smallest absolute Gasteiger partial charge is 0.330 e. The second kappa shape index (κ2) is 13.5. The fourth-order valence-corrected chi connectivity index (χ4v) is 4.12. The number of carbonyl (C=O) groups is 4. The normalized spacial score (nSPS) is 11.8. The van der Waals surface area contributed by atoms with E-state index in [1.165, 1.54) is 0 Å². The topological polar surface area (TPSA) is 111 Å². The van der Waals surface area contributed by atoms with Crippen LogP contribution in [0.5, 0.6) is 0 Å². The van der Waals surface area contributed by atoms with E-state index >= 15 is 0 Å². The summed E-state index contributed by atoms with van der Waals surface area (Å²) in [7, 11) is 1.16. The van der Waals surface area contributed by atoms with Crippen LogP contribution in [0.4, 0.5) is 0 Å². The molecule has 0 spiro atoms. The SMILES string of the molecule is CCOC(=O)/C=C/C(=O)N[C@@H](CC(=O)NC(c1ccccc1)(c1ccccc1)c1ccccc1)C(=O)OC. The molecule has 0 aromatic heterocycles. The third-order valence-electron chi connectivity index (χ3n) is 5.80. The van der Waals surface area contributed by atoms with Gasteiger partial charge in [0, 0.05) is 12.2 Å². The van der Waals surface area contributed by atoms with E-state index in [1.807, 2.05) is 91.0 Å². The van der Waals surface area contributed by atoms with Gasteiger partial charge in [-0.25, -0.2) is 9.59 Å². The molecule has 196 valence electrons. The van der Waals surface area contributed by atoms with Crippen LogP contribution < -0.4 is 10.6 Å². The van der Waals surface area contributed by atoms with Gasteiger partial charge in [0.2, 0.25) is 11.8 Å². The van der Waals surface area contributed by atoms with E-state index in [-0.39, 0.29) is 6.61 Å². The zero-order valence-electron chi connectivity index (χ0n) is 21.3. The summed E-state index contributed by atoms with van der Waals surface area (Å²) in [6, 6.07) is 27.2. The largest absolute Gasteiger partial charge is 0.467 e. The lowest BCUT2D eigenvalue weighted by molar-refractivity contribution is -0.146. The summed E-state index contributed by atoms with van der Waals surface area (Å²) < 4.78 is 9.56. The molecular formula is C30H30N2O6. The number of amides is 2. The number of esters is 2. The van der Waals surface area contributed by atoms with Crippen molar-refractivity contribution in [2.24, 2.45) is 0 Å². The molecule has 2 N–H and O–H groups in total. The molecule has 0 bridgehead atoms. The maximum absolute atomic E-state index is 13.6. The quantitative estimate of drug-likeness (QED) is 0.231. The molecule has 3 aromatic carbocycles. The Morgan fingerprint density at radius 3 is 1.68 bits per heavy atom. The van der Waals surface area contributed by atoms with Crippen molar-refractivity contribution in [3.63, 3.8) is 0 Å². The van der Waals surface area contributed by atoms with E-state index in [4.69, 9.17) is 9.47 Å². The highest BCUT2D eigenvalue weighted by Gasteiger charge is 2.38. The third kappa shape index (κ3) is 6.94. The van der Waals surface area contributed by atoms with Gasteiger partial charge in [-0.15, -0.1) is 0 Å². The molecule has 0 radical (unpaired) electrons. The maximum atomic E-state index is 13.6. The highest BCUT2D eigenvalue weighted by molar-refractivity contribution is 5.97. The Morgan fingerprint density at radius 2 is 1.26 bits per heavy atom. The fraction of sp³-hybridized carbons (Fsp3) is 0.200. The molecule has 0 fully saturated rings. The lowest BCUT2D eigenvalue weighted by Gasteiger charge is -2.37. The number of rotatable bonds is 11. The van der Waals surface area contributed by atoms with Gasteiger partial charge in [-0.3, -0.25) is 9.59 Å². The summed E-state index contributed by atoms with van der Waals surface area (Å²) in [5.74, 6) is -2.76. The van der Waals surface area contributed by atoms with Crippen molar-refractivity contribution >= 4 is 23.8 Å². The van der Waals surface area contributed by atoms with Gasteiger partial charge in [0.15, 0.2) is 0 Å². The number of methoxy groups -OCH3 is 1. The van der Waals surface area contributed by atoms with Gasteiger partial charge in [-0.1, -0.05) is 91.0 Å². The van der Waals surface area contributed by atoms with E-state index < -0.39 is 41.8 Å². The Bertz CT molecular complexity index is 1160. The number of benzene rings is 3. The minimum Gasteiger partial charge on any atom is -0.467 e. The molecule has 0 saturated heterocycles. The van der Waals surface area contributed by atoms with Crippen molar-refractivity contribution in [3.05, 3.63) is 120 Å². The molecular weight excluding hydrogens is 484 g/mol. The minimum absolute atomic E-state index is 0.155. The summed E-state index contributed by atoms with van der Waals surface area (Å²) in [4.78, 5) is 49.9. The molecule has 1 atom stereocenters. The highest BCUT2D eigenvalue weighted by atomic mass is 16.5. The molecule has 3 aromatic rings. The first-order valence-electron chi connectivity index (χ1n) is 12.1. The number of hydrogen-bond acceptors (Lipinski definition) is 6. The van der Waals surface area contributed by atoms with Gasteiger partial charge in [0.1, 0.15) is 11.6 Å². The van der Waals surface area contributed by atoms with Crippen LogP contribution in [-0.2, 0) is 34.2 Å². The van der Waals surface area contributed by atoms with Crippen LogP contribution in [0.15, 0.2) is 103 Å². The van der Waals surface area contributed by atoms with Crippen molar-refractivity contribution in [2.75, 3.05) is 13.7 Å². The van der Waals surface area contributed by atoms with Crippen LogP contribution in [0.1, 0.15) is 30.0 Å². The number of ether oxygens (including phenoxy) is 2. The average molecular weight is 515 g/mol. The first kappa shape index (κ1) is 27.9. The predicted octanol–water partition coefficient (Wildman–Crippen LogP) is 3.26. The van der Waals surface area contributed by atoms with Crippen LogP contribution in [-0.4, -0.2) is 43.5 Å². The maximum Gasteiger partial charge on any atom is 0.330 e. The van der Waals surface area contributed by atoms with Gasteiger partial charge in [-0.05, 0) is 23.6 Å². The highest BCUT2D eigenvalue weighted by Crippen LogP contribution is 2.36. The van der Waals surface area contributed by atoms with E-state index in [0.717, 1.165) is 36.0 Å². The molecule has 0 saturated carbocycles. The standard InChI is InChI=1S/C30H30N2O6/c1-3-38-28(35)20-19-26(33)31-25(29(36)37-2)21-27(34)32-30(22-13-7-4-8-14-22,23-15-9-5-10-16-23)24-17-11-6-12-18-24/h4-20,25H,3,21H2,1-2H3,(H,31,33)(H,32,34)/b20-19+/t25-/m0/s1. The number of hydrogen-bond donors (Lipinski definition) is 2. The molecule has 0 unspecified atom stereocenters. The van der Waals surface area contributed by atoms with Gasteiger partial charge in [0.25, 0.3) is 0 Å². The zero-order chi connectivity index (χ0) is 27.4. The zero-order valence-corrected chi connectivity index (χ0v) is 21.3. The van der Waals surface area contributed by atoms with Crippen LogP contribution in [0.3, 0.4) is 0 Å². The van der Waals surface area contributed by atoms with E-state index in [1.54, 1.807) is 6.92 Å². The van der Waals surface area contributed by atoms with Crippen molar-refractivity contribution in [2.45, 2.75) is 24.9 Å². The van der Waals surface area contributed by atoms with Crippen LogP contribution >= 0.6 is 0 Å². The third-order valence-corrected chi connectivity index (χ3v) is 5.80. The van der Waals surface area contributed by atoms with Gasteiger partial charge in [0.05, 0.1) is 20.1 Å². The molecule has 0 aliphatic rings. The number of carbonyl (C=O) groups excluding carboxylic acids is 4. The predicted molar refractivity (Wildman–Crippen MR) is 142 cm³/mol. The van der Waals surface area contributed by atoms with Crippen LogP contribution in [0.25, 0.3) is 0 Å². The van der Waals surface area contributed by atoms with Crippen molar-refractivity contribution in [3.8, 4) is 0 Å². The molecule has 0 aliphatic carbocycles. The Hall–Kier alpha value is -4.72. The Labute approximate surface area is 221 Å². The average Bonchev–Trinajstić information content (AvgIpc) is 2.95. The number of nitrogens with one attached hydrogen (secondary N) is 2. The summed E-state index contributed by atoms with van der Waals surface area (Å²) in [6.07, 6.45) is 1.48. The van der Waals surface area contributed by atoms with Gasteiger partial charge in [-0.2, -0.15) is 0 Å². The van der Waals surface area contributed by atoms with Crippen LogP contribution in [0.2, 0.25) is 0 Å². The molecule has 0 heterocycles. The van der Waals surface area contributed by atoms with Gasteiger partial charge >= 0.3 is 11.9 Å².